The van der Waals surface area contributed by atoms with E-state index in [0.717, 1.165) is 18.5 Å². The molecule has 0 aliphatic carbocycles. The Kier molecular flexibility index (Phi) is 7.50. The lowest BCUT2D eigenvalue weighted by Gasteiger charge is -2.36. The summed E-state index contributed by atoms with van der Waals surface area (Å²) in [5, 5.41) is 23.2. The van der Waals surface area contributed by atoms with Gasteiger partial charge in [0.1, 0.15) is 17.6 Å². The van der Waals surface area contributed by atoms with Crippen LogP contribution in [0.15, 0.2) is 30.5 Å². The molecule has 0 bridgehead atoms. The quantitative estimate of drug-likeness (QED) is 0.614. The molecular formula is C19H26FN5O4. The summed E-state index contributed by atoms with van der Waals surface area (Å²) in [5.41, 5.74) is 1.25. The Morgan fingerprint density at radius 1 is 1.38 bits per heavy atom. The molecule has 3 rings (SSSR count). The summed E-state index contributed by atoms with van der Waals surface area (Å²) in [5.74, 6) is -0.371. The van der Waals surface area contributed by atoms with E-state index < -0.39 is 12.1 Å². The van der Waals surface area contributed by atoms with E-state index in [0.29, 0.717) is 25.3 Å². The first-order chi connectivity index (χ1) is 14.1. The van der Waals surface area contributed by atoms with Crippen LogP contribution in [0.25, 0.3) is 0 Å². The molecule has 0 saturated carbocycles. The molecule has 3 N–H and O–H groups in total. The van der Waals surface area contributed by atoms with E-state index >= 15 is 0 Å². The molecule has 1 aromatic heterocycles. The second-order valence-electron chi connectivity index (χ2n) is 6.96. The maximum absolute atomic E-state index is 13.0. The van der Waals surface area contributed by atoms with Gasteiger partial charge in [-0.25, -0.2) is 9.18 Å². The number of aliphatic hydroxyl groups excluding tert-OH is 1. The van der Waals surface area contributed by atoms with E-state index in [4.69, 9.17) is 9.47 Å². The normalized spacial score (nSPS) is 21.7. The van der Waals surface area contributed by atoms with Crippen molar-refractivity contribution in [1.82, 2.24) is 20.3 Å². The number of aryl methyl sites for hydroxylation is 1. The number of carbonyl (C=O) groups excluding carboxylic acids is 1. The highest BCUT2D eigenvalue weighted by atomic mass is 19.1. The van der Waals surface area contributed by atoms with Gasteiger partial charge >= 0.3 is 6.03 Å². The first kappa shape index (κ1) is 21.2. The van der Waals surface area contributed by atoms with Crippen LogP contribution in [0.1, 0.15) is 25.0 Å². The minimum absolute atomic E-state index is 0.0413. The Morgan fingerprint density at radius 3 is 2.90 bits per heavy atom. The highest BCUT2D eigenvalue weighted by molar-refractivity contribution is 5.89. The SMILES string of the molecule is COCc1cn(CC[C@H]2CC[C@H](NC(=O)Nc3ccc(F)cc3)[C@@H](CO)O2)nn1. The Bertz CT molecular complexity index is 785. The van der Waals surface area contributed by atoms with Crippen molar-refractivity contribution in [2.75, 3.05) is 19.0 Å². The van der Waals surface area contributed by atoms with Crippen molar-refractivity contribution in [1.29, 1.82) is 0 Å². The minimum Gasteiger partial charge on any atom is -0.394 e. The number of methoxy groups -OCH3 is 1. The molecule has 1 aliphatic rings. The summed E-state index contributed by atoms with van der Waals surface area (Å²) < 4.78 is 25.7. The smallest absolute Gasteiger partial charge is 0.319 e. The largest absolute Gasteiger partial charge is 0.394 e. The molecule has 2 amide bonds. The number of rotatable bonds is 8. The van der Waals surface area contributed by atoms with Gasteiger partial charge in [0.2, 0.25) is 0 Å². The predicted molar refractivity (Wildman–Crippen MR) is 103 cm³/mol. The van der Waals surface area contributed by atoms with Crippen molar-refractivity contribution in [3.05, 3.63) is 42.0 Å². The molecule has 0 radical (unpaired) electrons. The first-order valence-electron chi connectivity index (χ1n) is 9.54. The van der Waals surface area contributed by atoms with Gasteiger partial charge in [-0.05, 0) is 43.5 Å². The Hall–Kier alpha value is -2.56. The van der Waals surface area contributed by atoms with Crippen molar-refractivity contribution in [3.8, 4) is 0 Å². The topological polar surface area (TPSA) is 111 Å². The van der Waals surface area contributed by atoms with Crippen LogP contribution < -0.4 is 10.6 Å². The second kappa shape index (κ2) is 10.3. The number of anilines is 1. The fourth-order valence-corrected chi connectivity index (χ4v) is 3.32. The Balaban J connectivity index is 1.45. The van der Waals surface area contributed by atoms with Gasteiger partial charge in [0.05, 0.1) is 31.6 Å². The lowest BCUT2D eigenvalue weighted by molar-refractivity contribution is -0.0905. The lowest BCUT2D eigenvalue weighted by Crippen LogP contribution is -2.52. The first-order valence-corrected chi connectivity index (χ1v) is 9.54. The van der Waals surface area contributed by atoms with Gasteiger partial charge in [0.15, 0.2) is 0 Å². The van der Waals surface area contributed by atoms with Crippen LogP contribution in [0.5, 0.6) is 0 Å². The van der Waals surface area contributed by atoms with Crippen LogP contribution in [0.3, 0.4) is 0 Å². The number of halogens is 1. The van der Waals surface area contributed by atoms with Gasteiger partial charge in [-0.15, -0.1) is 5.10 Å². The Labute approximate surface area is 168 Å². The number of amides is 2. The molecule has 2 heterocycles. The van der Waals surface area contributed by atoms with E-state index in [-0.39, 0.29) is 24.6 Å². The molecule has 2 aromatic rings. The molecule has 1 aromatic carbocycles. The van der Waals surface area contributed by atoms with Gasteiger partial charge < -0.3 is 25.2 Å². The number of hydrogen-bond donors (Lipinski definition) is 3. The third-order valence-corrected chi connectivity index (χ3v) is 4.77. The van der Waals surface area contributed by atoms with E-state index in [1.807, 2.05) is 6.20 Å². The van der Waals surface area contributed by atoms with Gasteiger partial charge in [-0.3, -0.25) is 4.68 Å². The number of hydrogen-bond acceptors (Lipinski definition) is 6. The Morgan fingerprint density at radius 2 is 2.17 bits per heavy atom. The number of ether oxygens (including phenoxy) is 2. The molecule has 3 atom stereocenters. The second-order valence-corrected chi connectivity index (χ2v) is 6.96. The van der Waals surface area contributed by atoms with Crippen LogP contribution in [0.4, 0.5) is 14.9 Å². The molecule has 1 saturated heterocycles. The van der Waals surface area contributed by atoms with Crippen molar-refractivity contribution in [2.45, 2.75) is 50.7 Å². The van der Waals surface area contributed by atoms with Gasteiger partial charge in [0, 0.05) is 19.3 Å². The maximum Gasteiger partial charge on any atom is 0.319 e. The fraction of sp³-hybridized carbons (Fsp3) is 0.526. The minimum atomic E-state index is -0.493. The average Bonchev–Trinajstić information content (AvgIpc) is 3.16. The molecular weight excluding hydrogens is 381 g/mol. The number of carbonyl (C=O) groups is 1. The highest BCUT2D eigenvalue weighted by Crippen LogP contribution is 2.22. The van der Waals surface area contributed by atoms with Crippen LogP contribution in [0.2, 0.25) is 0 Å². The third-order valence-electron chi connectivity index (χ3n) is 4.77. The predicted octanol–water partition coefficient (Wildman–Crippen LogP) is 1.68. The van der Waals surface area contributed by atoms with Crippen molar-refractivity contribution in [2.24, 2.45) is 0 Å². The van der Waals surface area contributed by atoms with Crippen molar-refractivity contribution in [3.63, 3.8) is 0 Å². The number of aliphatic hydroxyl groups is 1. The number of aromatic nitrogens is 3. The third kappa shape index (κ3) is 6.21. The molecule has 29 heavy (non-hydrogen) atoms. The van der Waals surface area contributed by atoms with Gasteiger partial charge in [-0.2, -0.15) is 0 Å². The molecule has 10 heteroatoms. The summed E-state index contributed by atoms with van der Waals surface area (Å²) in [6.45, 7) is 0.863. The maximum atomic E-state index is 13.0. The zero-order valence-electron chi connectivity index (χ0n) is 16.3. The summed E-state index contributed by atoms with van der Waals surface area (Å²) in [6, 6.07) is 4.77. The zero-order valence-corrected chi connectivity index (χ0v) is 16.3. The number of nitrogens with zero attached hydrogens (tertiary/aromatic N) is 3. The summed E-state index contributed by atoms with van der Waals surface area (Å²) in [4.78, 5) is 12.2. The molecule has 1 aliphatic heterocycles. The molecule has 0 unspecified atom stereocenters. The molecule has 1 fully saturated rings. The van der Waals surface area contributed by atoms with E-state index in [1.54, 1.807) is 11.8 Å². The summed E-state index contributed by atoms with van der Waals surface area (Å²) in [6.07, 6.45) is 3.45. The monoisotopic (exact) mass is 407 g/mol. The number of benzene rings is 1. The number of nitrogens with one attached hydrogen (secondary N) is 2. The van der Waals surface area contributed by atoms with Crippen molar-refractivity contribution >= 4 is 11.7 Å². The highest BCUT2D eigenvalue weighted by Gasteiger charge is 2.31. The zero-order chi connectivity index (χ0) is 20.6. The molecule has 9 nitrogen and oxygen atoms in total. The van der Waals surface area contributed by atoms with E-state index in [1.165, 1.54) is 24.3 Å². The standard InChI is InChI=1S/C19H26FN5O4/c1-28-12-15-10-25(24-23-15)9-8-16-6-7-17(18(11-26)29-16)22-19(27)21-14-4-2-13(20)3-5-14/h2-5,10,16-18,26H,6-9,11-12H2,1H3,(H2,21,22,27)/t16-,17+,18-/m1/s1. The van der Waals surface area contributed by atoms with Crippen LogP contribution in [-0.2, 0) is 22.6 Å². The van der Waals surface area contributed by atoms with Gasteiger partial charge in [0.25, 0.3) is 0 Å². The van der Waals surface area contributed by atoms with Crippen LogP contribution in [-0.4, -0.2) is 58.1 Å². The van der Waals surface area contributed by atoms with E-state index in [2.05, 4.69) is 20.9 Å². The number of urea groups is 1. The van der Waals surface area contributed by atoms with Gasteiger partial charge in [-0.1, -0.05) is 5.21 Å². The molecule has 158 valence electrons. The van der Waals surface area contributed by atoms with Crippen molar-refractivity contribution < 1.29 is 23.8 Å². The fourth-order valence-electron chi connectivity index (χ4n) is 3.32. The van der Waals surface area contributed by atoms with Crippen LogP contribution in [0, 0.1) is 5.82 Å². The average molecular weight is 407 g/mol. The summed E-state index contributed by atoms with van der Waals surface area (Å²) in [7, 11) is 1.61. The lowest BCUT2D eigenvalue weighted by atomic mass is 9.97. The summed E-state index contributed by atoms with van der Waals surface area (Å²) >= 11 is 0. The van der Waals surface area contributed by atoms with E-state index in [9.17, 15) is 14.3 Å². The van der Waals surface area contributed by atoms with Crippen LogP contribution >= 0.6 is 0 Å². The molecule has 0 spiro atoms.